The van der Waals surface area contributed by atoms with Crippen LogP contribution in [0.15, 0.2) is 48.5 Å². The van der Waals surface area contributed by atoms with Crippen LogP contribution in [0.5, 0.6) is 11.5 Å². The van der Waals surface area contributed by atoms with Gasteiger partial charge < -0.3 is 20.1 Å². The minimum absolute atomic E-state index is 0. The van der Waals surface area contributed by atoms with Crippen molar-refractivity contribution >= 4 is 28.7 Å². The van der Waals surface area contributed by atoms with E-state index < -0.39 is 0 Å². The molecule has 0 amide bonds. The Kier molecular flexibility index (Phi) is 8.73. The van der Waals surface area contributed by atoms with Crippen molar-refractivity contribution in [1.82, 2.24) is 0 Å². The molecule has 0 spiro atoms. The molecule has 0 aliphatic heterocycles. The average molecular weight is 497 g/mol. The molecule has 0 bridgehead atoms. The van der Waals surface area contributed by atoms with Crippen LogP contribution in [0.3, 0.4) is 0 Å². The first kappa shape index (κ1) is 19.5. The van der Waals surface area contributed by atoms with E-state index in [2.05, 4.69) is 10.6 Å². The number of thiocarbonyl (C=S) groups is 1. The van der Waals surface area contributed by atoms with Gasteiger partial charge in [-0.1, -0.05) is 0 Å². The van der Waals surface area contributed by atoms with Crippen LogP contribution in [0.1, 0.15) is 13.8 Å². The van der Waals surface area contributed by atoms with Crippen molar-refractivity contribution in [1.29, 1.82) is 0 Å². The van der Waals surface area contributed by atoms with E-state index in [0.29, 0.717) is 18.3 Å². The smallest absolute Gasteiger partial charge is 0.175 e. The largest absolute Gasteiger partial charge is 0.494 e. The van der Waals surface area contributed by atoms with Gasteiger partial charge in [-0.05, 0) is 74.6 Å². The summed E-state index contributed by atoms with van der Waals surface area (Å²) in [6.07, 6.45) is 0. The fourth-order valence-corrected chi connectivity index (χ4v) is 2.13. The second kappa shape index (κ2) is 10.3. The molecule has 0 unspecified atom stereocenters. The molecule has 4 nitrogen and oxygen atoms in total. The molecule has 121 valence electrons. The number of ether oxygens (including phenoxy) is 2. The number of anilines is 2. The second-order valence-corrected chi connectivity index (χ2v) is 4.90. The van der Waals surface area contributed by atoms with E-state index in [0.717, 1.165) is 22.9 Å². The van der Waals surface area contributed by atoms with Crippen LogP contribution in [0, 0.1) is 0 Å². The van der Waals surface area contributed by atoms with Gasteiger partial charge in [0, 0.05) is 33.8 Å². The van der Waals surface area contributed by atoms with Gasteiger partial charge in [0.1, 0.15) is 11.5 Å². The standard InChI is InChI=1S/C17H20N2O2S.Ta/c1-3-20-15-9-5-13(6-10-15)18-17(22)19-14-7-11-16(12-8-14)21-4-2;/h5-12H,3-4H2,1-2H3,(H2,18,19,22);. The molecule has 2 N–H and O–H groups in total. The van der Waals surface area contributed by atoms with Crippen molar-refractivity contribution in [3.63, 3.8) is 0 Å². The van der Waals surface area contributed by atoms with Crippen LogP contribution in [0.25, 0.3) is 0 Å². The maximum atomic E-state index is 5.40. The van der Waals surface area contributed by atoms with E-state index in [9.17, 15) is 0 Å². The van der Waals surface area contributed by atoms with Gasteiger partial charge in [-0.15, -0.1) is 0 Å². The summed E-state index contributed by atoms with van der Waals surface area (Å²) < 4.78 is 10.8. The fraction of sp³-hybridized carbons (Fsp3) is 0.235. The molecule has 23 heavy (non-hydrogen) atoms. The van der Waals surface area contributed by atoms with Crippen LogP contribution in [0.4, 0.5) is 11.4 Å². The monoisotopic (exact) mass is 497 g/mol. The summed E-state index contributed by atoms with van der Waals surface area (Å²) in [6.45, 7) is 5.24. The maximum absolute atomic E-state index is 5.40. The van der Waals surface area contributed by atoms with Gasteiger partial charge in [0.15, 0.2) is 5.11 Å². The Hall–Kier alpha value is -1.53. The molecule has 2 rings (SSSR count). The first-order valence-electron chi connectivity index (χ1n) is 7.25. The summed E-state index contributed by atoms with van der Waals surface area (Å²) in [7, 11) is 0. The zero-order valence-corrected chi connectivity index (χ0v) is 17.2. The Morgan fingerprint density at radius 1 is 0.783 bits per heavy atom. The summed E-state index contributed by atoms with van der Waals surface area (Å²) in [5.41, 5.74) is 1.82. The third-order valence-electron chi connectivity index (χ3n) is 2.85. The Balaban J connectivity index is 0.00000264. The quantitative estimate of drug-likeness (QED) is 0.584. The molecule has 2 aromatic carbocycles. The van der Waals surface area contributed by atoms with Gasteiger partial charge in [-0.3, -0.25) is 0 Å². The summed E-state index contributed by atoms with van der Waals surface area (Å²) in [6, 6.07) is 15.3. The Labute approximate surface area is 158 Å². The Morgan fingerprint density at radius 3 is 1.43 bits per heavy atom. The molecule has 6 heteroatoms. The van der Waals surface area contributed by atoms with Crippen LogP contribution < -0.4 is 20.1 Å². The molecule has 0 saturated heterocycles. The summed E-state index contributed by atoms with van der Waals surface area (Å²) in [5, 5.41) is 6.80. The molecule has 2 aromatic rings. The van der Waals surface area contributed by atoms with Gasteiger partial charge in [0.25, 0.3) is 0 Å². The van der Waals surface area contributed by atoms with Gasteiger partial charge >= 0.3 is 0 Å². The van der Waals surface area contributed by atoms with Crippen molar-refractivity contribution in [2.24, 2.45) is 0 Å². The number of hydrogen-bond acceptors (Lipinski definition) is 3. The first-order chi connectivity index (χ1) is 10.7. The van der Waals surface area contributed by atoms with Gasteiger partial charge in [0.05, 0.1) is 13.2 Å². The van der Waals surface area contributed by atoms with E-state index in [1.165, 1.54) is 0 Å². The van der Waals surface area contributed by atoms with Crippen molar-refractivity contribution < 1.29 is 31.9 Å². The van der Waals surface area contributed by atoms with Crippen LogP contribution >= 0.6 is 12.2 Å². The molecule has 0 aromatic heterocycles. The topological polar surface area (TPSA) is 42.5 Å². The van der Waals surface area contributed by atoms with Gasteiger partial charge in [-0.25, -0.2) is 0 Å². The van der Waals surface area contributed by atoms with Crippen molar-refractivity contribution in [2.45, 2.75) is 13.8 Å². The number of rotatable bonds is 6. The predicted octanol–water partition coefficient (Wildman–Crippen LogP) is 4.29. The zero-order chi connectivity index (χ0) is 15.8. The van der Waals surface area contributed by atoms with Crippen molar-refractivity contribution in [3.05, 3.63) is 48.5 Å². The minimum atomic E-state index is 0. The van der Waals surface area contributed by atoms with Crippen molar-refractivity contribution in [2.75, 3.05) is 23.8 Å². The van der Waals surface area contributed by atoms with Crippen LogP contribution in [-0.2, 0) is 22.4 Å². The predicted molar refractivity (Wildman–Crippen MR) is 95.1 cm³/mol. The van der Waals surface area contributed by atoms with E-state index in [-0.39, 0.29) is 22.4 Å². The Morgan fingerprint density at radius 2 is 1.13 bits per heavy atom. The fourth-order valence-electron chi connectivity index (χ4n) is 1.90. The first-order valence-corrected chi connectivity index (χ1v) is 7.65. The number of nitrogens with one attached hydrogen (secondary N) is 2. The summed E-state index contributed by atoms with van der Waals surface area (Å²) in [4.78, 5) is 0. The van der Waals surface area contributed by atoms with Crippen LogP contribution in [-0.4, -0.2) is 18.3 Å². The molecular weight excluding hydrogens is 477 g/mol. The Bertz CT molecular complexity index is 549. The zero-order valence-electron chi connectivity index (χ0n) is 13.2. The van der Waals surface area contributed by atoms with E-state index in [4.69, 9.17) is 21.7 Å². The molecule has 0 aliphatic carbocycles. The molecule has 0 aliphatic rings. The molecule has 0 saturated carbocycles. The van der Waals surface area contributed by atoms with E-state index >= 15 is 0 Å². The molecule has 0 atom stereocenters. The van der Waals surface area contributed by atoms with Crippen LogP contribution in [0.2, 0.25) is 0 Å². The minimum Gasteiger partial charge on any atom is -0.494 e. The SMILES string of the molecule is CCOc1ccc(NC(=S)Nc2ccc(OCC)cc2)cc1.[Ta]. The summed E-state index contributed by atoms with van der Waals surface area (Å²) in [5.74, 6) is 1.69. The van der Waals surface area contributed by atoms with Crippen molar-refractivity contribution in [3.8, 4) is 11.5 Å². The average Bonchev–Trinajstić information content (AvgIpc) is 2.52. The molecule has 0 heterocycles. The van der Waals surface area contributed by atoms with Gasteiger partial charge in [-0.2, -0.15) is 0 Å². The third-order valence-corrected chi connectivity index (χ3v) is 3.05. The van der Waals surface area contributed by atoms with Gasteiger partial charge in [0.2, 0.25) is 0 Å². The third kappa shape index (κ3) is 6.62. The van der Waals surface area contributed by atoms with E-state index in [1.54, 1.807) is 0 Å². The second-order valence-electron chi connectivity index (χ2n) is 4.49. The number of benzene rings is 2. The van der Waals surface area contributed by atoms with E-state index in [1.807, 2.05) is 62.4 Å². The normalized spacial score (nSPS) is 9.48. The number of hydrogen-bond donors (Lipinski definition) is 2. The molecule has 0 fully saturated rings. The molecular formula is C17H20N2O2STa. The maximum Gasteiger partial charge on any atom is 0.175 e. The molecule has 1 radical (unpaired) electrons. The summed E-state index contributed by atoms with van der Waals surface area (Å²) >= 11 is 5.30.